The zero-order valence-electron chi connectivity index (χ0n) is 12.7. The molecular formula is C17H20N2O3. The third kappa shape index (κ3) is 3.42. The third-order valence-electron chi connectivity index (χ3n) is 3.68. The second-order valence-electron chi connectivity index (χ2n) is 5.35. The molecule has 5 nitrogen and oxygen atoms in total. The lowest BCUT2D eigenvalue weighted by molar-refractivity contribution is -0.120. The molecule has 0 radical (unpaired) electrons. The van der Waals surface area contributed by atoms with Gasteiger partial charge in [0, 0.05) is 11.1 Å². The van der Waals surface area contributed by atoms with E-state index in [2.05, 4.69) is 6.92 Å². The fraction of sp³-hybridized carbons (Fsp3) is 0.353. The van der Waals surface area contributed by atoms with E-state index in [1.807, 2.05) is 6.08 Å². The van der Waals surface area contributed by atoms with Gasteiger partial charge in [-0.25, -0.2) is 4.90 Å². The number of rotatable bonds is 6. The lowest BCUT2D eigenvalue weighted by Gasteiger charge is -2.13. The van der Waals surface area contributed by atoms with Gasteiger partial charge in [0.25, 0.3) is 5.91 Å². The Kier molecular flexibility index (Phi) is 5.09. The number of anilines is 1. The summed E-state index contributed by atoms with van der Waals surface area (Å²) in [5.74, 6) is -1.05. The van der Waals surface area contributed by atoms with Crippen LogP contribution in [0, 0.1) is 0 Å². The number of unbranched alkanes of at least 4 members (excludes halogenated alkanes) is 3. The van der Waals surface area contributed by atoms with Crippen LogP contribution in [0.5, 0.6) is 0 Å². The summed E-state index contributed by atoms with van der Waals surface area (Å²) >= 11 is 0. The minimum Gasteiger partial charge on any atom is -0.366 e. The Morgan fingerprint density at radius 3 is 2.50 bits per heavy atom. The minimum absolute atomic E-state index is 0.141. The van der Waals surface area contributed by atoms with Gasteiger partial charge in [-0.05, 0) is 37.1 Å². The summed E-state index contributed by atoms with van der Waals surface area (Å²) in [4.78, 5) is 36.6. The van der Waals surface area contributed by atoms with Gasteiger partial charge in [0.2, 0.25) is 11.8 Å². The maximum atomic E-state index is 12.3. The molecule has 116 valence electrons. The minimum atomic E-state index is -0.540. The average Bonchev–Trinajstić information content (AvgIpc) is 2.78. The number of allylic oxidation sites excluding steroid dienone is 1. The summed E-state index contributed by atoms with van der Waals surface area (Å²) in [6.07, 6.45) is 6.08. The van der Waals surface area contributed by atoms with Crippen molar-refractivity contribution in [3.63, 3.8) is 0 Å². The van der Waals surface area contributed by atoms with Gasteiger partial charge >= 0.3 is 0 Å². The lowest BCUT2D eigenvalue weighted by Crippen LogP contribution is -2.29. The van der Waals surface area contributed by atoms with Gasteiger partial charge < -0.3 is 5.73 Å². The maximum Gasteiger partial charge on any atom is 0.261 e. The monoisotopic (exact) mass is 300 g/mol. The van der Waals surface area contributed by atoms with Crippen molar-refractivity contribution in [2.75, 3.05) is 4.90 Å². The van der Waals surface area contributed by atoms with Crippen molar-refractivity contribution in [2.45, 2.75) is 39.0 Å². The van der Waals surface area contributed by atoms with Gasteiger partial charge in [0.1, 0.15) is 0 Å². The molecule has 3 amide bonds. The Morgan fingerprint density at radius 2 is 1.91 bits per heavy atom. The smallest absolute Gasteiger partial charge is 0.261 e. The first-order chi connectivity index (χ1) is 10.5. The first-order valence-electron chi connectivity index (χ1n) is 7.50. The molecule has 0 aromatic heterocycles. The van der Waals surface area contributed by atoms with Crippen molar-refractivity contribution in [3.8, 4) is 0 Å². The van der Waals surface area contributed by atoms with Crippen LogP contribution in [0.25, 0.3) is 0 Å². The van der Waals surface area contributed by atoms with Crippen molar-refractivity contribution in [1.29, 1.82) is 0 Å². The number of nitrogens with two attached hydrogens (primary N) is 1. The molecular weight excluding hydrogens is 280 g/mol. The lowest BCUT2D eigenvalue weighted by atomic mass is 10.1. The Bertz CT molecular complexity index is 617. The summed E-state index contributed by atoms with van der Waals surface area (Å²) in [5, 5.41) is 0. The molecule has 0 unspecified atom stereocenters. The highest BCUT2D eigenvalue weighted by Crippen LogP contribution is 2.26. The van der Waals surface area contributed by atoms with Crippen LogP contribution in [0.2, 0.25) is 0 Å². The van der Waals surface area contributed by atoms with Crippen LogP contribution in [-0.2, 0) is 9.59 Å². The molecule has 0 aliphatic carbocycles. The van der Waals surface area contributed by atoms with E-state index in [1.165, 1.54) is 12.1 Å². The number of imide groups is 1. The number of benzene rings is 1. The number of hydrogen-bond donors (Lipinski definition) is 1. The quantitative estimate of drug-likeness (QED) is 0.498. The van der Waals surface area contributed by atoms with Crippen LogP contribution < -0.4 is 10.6 Å². The van der Waals surface area contributed by atoms with Gasteiger partial charge in [-0.1, -0.05) is 25.8 Å². The van der Waals surface area contributed by atoms with Gasteiger partial charge in [-0.15, -0.1) is 0 Å². The second kappa shape index (κ2) is 7.02. The van der Waals surface area contributed by atoms with E-state index in [1.54, 1.807) is 12.1 Å². The average molecular weight is 300 g/mol. The third-order valence-corrected chi connectivity index (χ3v) is 3.68. The van der Waals surface area contributed by atoms with Crippen LogP contribution in [0.3, 0.4) is 0 Å². The largest absolute Gasteiger partial charge is 0.366 e. The predicted molar refractivity (Wildman–Crippen MR) is 84.3 cm³/mol. The van der Waals surface area contributed by atoms with Crippen LogP contribution >= 0.6 is 0 Å². The van der Waals surface area contributed by atoms with Crippen LogP contribution in [0.15, 0.2) is 35.9 Å². The SMILES string of the molecule is CCCCCC=C1CC(=O)N(c2ccc(C(N)=O)cc2)C1=O. The Balaban J connectivity index is 2.13. The number of carbonyl (C=O) groups is 3. The van der Waals surface area contributed by atoms with Gasteiger partial charge in [-0.3, -0.25) is 14.4 Å². The van der Waals surface area contributed by atoms with E-state index in [4.69, 9.17) is 5.73 Å². The van der Waals surface area contributed by atoms with Crippen LogP contribution in [0.4, 0.5) is 5.69 Å². The molecule has 22 heavy (non-hydrogen) atoms. The highest BCUT2D eigenvalue weighted by atomic mass is 16.2. The molecule has 5 heteroatoms. The summed E-state index contributed by atoms with van der Waals surface area (Å²) in [6, 6.07) is 6.16. The zero-order valence-corrected chi connectivity index (χ0v) is 12.7. The number of hydrogen-bond acceptors (Lipinski definition) is 3. The molecule has 0 bridgehead atoms. The van der Waals surface area contributed by atoms with Crippen molar-refractivity contribution in [1.82, 2.24) is 0 Å². The van der Waals surface area contributed by atoms with E-state index < -0.39 is 5.91 Å². The molecule has 1 aliphatic heterocycles. The Hall–Kier alpha value is -2.43. The molecule has 2 rings (SSSR count). The molecule has 2 N–H and O–H groups in total. The topological polar surface area (TPSA) is 80.5 Å². The summed E-state index contributed by atoms with van der Waals surface area (Å²) in [5.41, 5.74) is 6.55. The molecule has 0 spiro atoms. The molecule has 0 saturated carbocycles. The maximum absolute atomic E-state index is 12.3. The first-order valence-corrected chi connectivity index (χ1v) is 7.50. The van der Waals surface area contributed by atoms with Crippen molar-refractivity contribution in [2.24, 2.45) is 5.73 Å². The Morgan fingerprint density at radius 1 is 1.23 bits per heavy atom. The molecule has 1 heterocycles. The fourth-order valence-electron chi connectivity index (χ4n) is 2.44. The highest BCUT2D eigenvalue weighted by molar-refractivity contribution is 6.28. The molecule has 1 saturated heterocycles. The van der Waals surface area contributed by atoms with Gasteiger partial charge in [0.15, 0.2) is 0 Å². The predicted octanol–water partition coefficient (Wildman–Crippen LogP) is 2.56. The molecule has 0 atom stereocenters. The van der Waals surface area contributed by atoms with E-state index in [0.29, 0.717) is 16.8 Å². The van der Waals surface area contributed by atoms with E-state index in [-0.39, 0.29) is 18.2 Å². The molecule has 1 aliphatic rings. The number of nitrogens with zero attached hydrogens (tertiary/aromatic N) is 1. The Labute approximate surface area is 129 Å². The zero-order chi connectivity index (χ0) is 16.1. The molecule has 1 aromatic rings. The summed E-state index contributed by atoms with van der Waals surface area (Å²) < 4.78 is 0. The molecule has 1 aromatic carbocycles. The standard InChI is InChI=1S/C17H20N2O3/c1-2-3-4-5-6-13-11-15(20)19(17(13)22)14-9-7-12(8-10-14)16(18)21/h6-10H,2-5,11H2,1H3,(H2,18,21). The van der Waals surface area contributed by atoms with E-state index in [9.17, 15) is 14.4 Å². The summed E-state index contributed by atoms with van der Waals surface area (Å²) in [7, 11) is 0. The van der Waals surface area contributed by atoms with Crippen molar-refractivity contribution in [3.05, 3.63) is 41.5 Å². The van der Waals surface area contributed by atoms with Crippen molar-refractivity contribution >= 4 is 23.4 Å². The fourth-order valence-corrected chi connectivity index (χ4v) is 2.44. The van der Waals surface area contributed by atoms with E-state index >= 15 is 0 Å². The van der Waals surface area contributed by atoms with Gasteiger partial charge in [-0.2, -0.15) is 0 Å². The molecule has 1 fully saturated rings. The van der Waals surface area contributed by atoms with E-state index in [0.717, 1.165) is 30.6 Å². The van der Waals surface area contributed by atoms with Crippen molar-refractivity contribution < 1.29 is 14.4 Å². The first kappa shape index (κ1) is 15.9. The normalized spacial score (nSPS) is 16.6. The number of carbonyl (C=O) groups excluding carboxylic acids is 3. The second-order valence-corrected chi connectivity index (χ2v) is 5.35. The van der Waals surface area contributed by atoms with Crippen LogP contribution in [0.1, 0.15) is 49.4 Å². The summed E-state index contributed by atoms with van der Waals surface area (Å²) in [6.45, 7) is 2.12. The number of primary amides is 1. The van der Waals surface area contributed by atoms with Gasteiger partial charge in [0.05, 0.1) is 12.1 Å². The van der Waals surface area contributed by atoms with Crippen LogP contribution in [-0.4, -0.2) is 17.7 Å². The number of amides is 3. The highest BCUT2D eigenvalue weighted by Gasteiger charge is 2.34.